The maximum atomic E-state index is 10.9. The van der Waals surface area contributed by atoms with Crippen molar-refractivity contribution in [1.82, 2.24) is 24.4 Å². The maximum absolute atomic E-state index is 10.9. The summed E-state index contributed by atoms with van der Waals surface area (Å²) in [5, 5.41) is 9.44. The van der Waals surface area contributed by atoms with E-state index in [1.54, 1.807) is 4.57 Å². The third kappa shape index (κ3) is 7.42. The van der Waals surface area contributed by atoms with Crippen LogP contribution in [-0.4, -0.2) is 77.5 Å². The summed E-state index contributed by atoms with van der Waals surface area (Å²) < 4.78 is 17.6. The highest BCUT2D eigenvalue weighted by Crippen LogP contribution is 2.36. The minimum Gasteiger partial charge on any atom is -0.393 e. The van der Waals surface area contributed by atoms with E-state index >= 15 is 0 Å². The summed E-state index contributed by atoms with van der Waals surface area (Å²) >= 11 is 0. The number of ether oxygens (including phenoxy) is 1. The largest absolute Gasteiger partial charge is 0.393 e. The number of nitrogens with two attached hydrogens (primary N) is 1. The van der Waals surface area contributed by atoms with Crippen LogP contribution in [0.5, 0.6) is 0 Å². The van der Waals surface area contributed by atoms with Crippen molar-refractivity contribution in [2.75, 3.05) is 38.3 Å². The molecule has 5 N–H and O–H groups in total. The molecule has 2 aromatic heterocycles. The summed E-state index contributed by atoms with van der Waals surface area (Å²) in [5.74, 6) is 0.223. The smallest absolute Gasteiger partial charge is 0.351 e. The Morgan fingerprint density at radius 1 is 1.21 bits per heavy atom. The lowest BCUT2D eigenvalue weighted by atomic mass is 10.1. The Morgan fingerprint density at radius 2 is 1.82 bits per heavy atom. The zero-order valence-electron chi connectivity index (χ0n) is 16.8. The molecular weight excluding hydrogens is 387 g/mol. The van der Waals surface area contributed by atoms with Gasteiger partial charge in [0.15, 0.2) is 11.5 Å². The summed E-state index contributed by atoms with van der Waals surface area (Å²) in [6, 6.07) is 0. The van der Waals surface area contributed by atoms with Gasteiger partial charge in [-0.15, -0.1) is 0 Å². The standard InChI is InChI=1S/C10H16N5O5P.C6H15N/c1-10(3-16,20-6-21(17,18)19)2-15-5-14-7-8(11)12-4-13-9(7)15;1-4-7(5-2)6-3/h4-5,16H,2-3,6H2,1H3,(H2,11,12,13)(H2,17,18,19);4-6H2,1-3H3. The van der Waals surface area contributed by atoms with Crippen LogP contribution < -0.4 is 5.73 Å². The first-order chi connectivity index (χ1) is 13.1. The lowest BCUT2D eigenvalue weighted by Gasteiger charge is -2.28. The van der Waals surface area contributed by atoms with Crippen molar-refractivity contribution in [1.29, 1.82) is 0 Å². The van der Waals surface area contributed by atoms with Gasteiger partial charge in [0, 0.05) is 0 Å². The fourth-order valence-electron chi connectivity index (χ4n) is 2.43. The molecule has 160 valence electrons. The van der Waals surface area contributed by atoms with Crippen molar-refractivity contribution in [3.05, 3.63) is 12.7 Å². The number of aliphatic hydroxyl groups excluding tert-OH is 1. The first-order valence-electron chi connectivity index (χ1n) is 9.02. The highest BCUT2D eigenvalue weighted by atomic mass is 31.2. The molecule has 0 bridgehead atoms. The molecule has 11 nitrogen and oxygen atoms in total. The Morgan fingerprint density at radius 3 is 2.29 bits per heavy atom. The van der Waals surface area contributed by atoms with Crippen LogP contribution in [0, 0.1) is 0 Å². The van der Waals surface area contributed by atoms with E-state index in [0.29, 0.717) is 11.2 Å². The predicted octanol–water partition coefficient (Wildman–Crippen LogP) is 0.659. The van der Waals surface area contributed by atoms with E-state index < -0.39 is 26.2 Å². The number of imidazole rings is 1. The number of nitrogens with zero attached hydrogens (tertiary/aromatic N) is 5. The topological polar surface area (TPSA) is 160 Å². The molecule has 1 unspecified atom stereocenters. The van der Waals surface area contributed by atoms with Gasteiger partial charge < -0.3 is 34.8 Å². The zero-order valence-corrected chi connectivity index (χ0v) is 17.7. The molecule has 0 fully saturated rings. The average molecular weight is 418 g/mol. The molecule has 28 heavy (non-hydrogen) atoms. The van der Waals surface area contributed by atoms with E-state index in [4.69, 9.17) is 20.3 Å². The molecule has 2 aromatic rings. The van der Waals surface area contributed by atoms with Gasteiger partial charge in [-0.25, -0.2) is 15.0 Å². The van der Waals surface area contributed by atoms with Crippen LogP contribution in [0.1, 0.15) is 27.7 Å². The second-order valence-electron chi connectivity index (χ2n) is 6.47. The van der Waals surface area contributed by atoms with Gasteiger partial charge in [0.1, 0.15) is 23.8 Å². The minimum absolute atomic E-state index is 0.0937. The Kier molecular flexibility index (Phi) is 9.42. The number of nitrogen functional groups attached to an aromatic ring is 1. The second kappa shape index (κ2) is 10.8. The first kappa shape index (κ1) is 24.4. The molecular formula is C16H31N6O5P. The average Bonchev–Trinajstić information content (AvgIpc) is 3.06. The number of hydrogen-bond acceptors (Lipinski definition) is 8. The minimum atomic E-state index is -4.33. The van der Waals surface area contributed by atoms with Crippen LogP contribution in [-0.2, 0) is 15.8 Å². The van der Waals surface area contributed by atoms with Gasteiger partial charge in [-0.3, -0.25) is 4.57 Å². The summed E-state index contributed by atoms with van der Waals surface area (Å²) in [6.45, 7) is 11.3. The highest BCUT2D eigenvalue weighted by molar-refractivity contribution is 7.51. The number of aliphatic hydroxyl groups is 1. The highest BCUT2D eigenvalue weighted by Gasteiger charge is 2.29. The van der Waals surface area contributed by atoms with Crippen molar-refractivity contribution in [2.24, 2.45) is 0 Å². The van der Waals surface area contributed by atoms with E-state index in [9.17, 15) is 9.67 Å². The molecule has 0 aliphatic rings. The van der Waals surface area contributed by atoms with E-state index in [1.165, 1.54) is 39.2 Å². The second-order valence-corrected chi connectivity index (χ2v) is 8.06. The summed E-state index contributed by atoms with van der Waals surface area (Å²) in [5.41, 5.74) is 5.33. The van der Waals surface area contributed by atoms with Crippen LogP contribution in [0.25, 0.3) is 11.2 Å². The lowest BCUT2D eigenvalue weighted by Crippen LogP contribution is -2.38. The van der Waals surface area contributed by atoms with Crippen molar-refractivity contribution >= 4 is 24.6 Å². The fourth-order valence-corrected chi connectivity index (χ4v) is 2.91. The molecule has 12 heteroatoms. The molecule has 0 spiro atoms. The molecule has 0 radical (unpaired) electrons. The van der Waals surface area contributed by atoms with Gasteiger partial charge in [0.25, 0.3) is 0 Å². The van der Waals surface area contributed by atoms with Gasteiger partial charge in [-0.2, -0.15) is 0 Å². The molecule has 0 aliphatic carbocycles. The first-order valence-corrected chi connectivity index (χ1v) is 10.8. The Balaban J connectivity index is 0.000000480. The molecule has 1 atom stereocenters. The third-order valence-corrected chi connectivity index (χ3v) is 4.66. The van der Waals surface area contributed by atoms with Crippen molar-refractivity contribution < 1.29 is 24.2 Å². The summed E-state index contributed by atoms with van der Waals surface area (Å²) in [7, 11) is -4.33. The Hall–Kier alpha value is -1.62. The quantitative estimate of drug-likeness (QED) is 0.426. The molecule has 2 rings (SSSR count). The number of fused-ring (bicyclic) bond motifs is 1. The van der Waals surface area contributed by atoms with Crippen LogP contribution in [0.4, 0.5) is 5.82 Å². The van der Waals surface area contributed by atoms with E-state index in [2.05, 4.69) is 40.6 Å². The number of rotatable bonds is 9. The molecule has 2 heterocycles. The summed E-state index contributed by atoms with van der Waals surface area (Å²) in [6.07, 6.45) is 1.95. The van der Waals surface area contributed by atoms with Gasteiger partial charge in [0.05, 0.1) is 19.5 Å². The van der Waals surface area contributed by atoms with Gasteiger partial charge in [-0.1, -0.05) is 20.8 Å². The molecule has 0 amide bonds. The molecule has 0 aliphatic heterocycles. The van der Waals surface area contributed by atoms with Gasteiger partial charge >= 0.3 is 7.60 Å². The number of aromatic nitrogens is 4. The predicted molar refractivity (Wildman–Crippen MR) is 107 cm³/mol. The maximum Gasteiger partial charge on any atom is 0.351 e. The van der Waals surface area contributed by atoms with Crippen molar-refractivity contribution in [2.45, 2.75) is 39.8 Å². The van der Waals surface area contributed by atoms with Gasteiger partial charge in [-0.05, 0) is 26.6 Å². The normalized spacial score (nSPS) is 14.0. The van der Waals surface area contributed by atoms with Crippen molar-refractivity contribution in [3.8, 4) is 0 Å². The Bertz CT molecular complexity index is 772. The van der Waals surface area contributed by atoms with E-state index in [1.807, 2.05) is 0 Å². The third-order valence-electron chi connectivity index (χ3n) is 4.19. The number of anilines is 1. The van der Waals surface area contributed by atoms with Crippen LogP contribution >= 0.6 is 7.60 Å². The SMILES string of the molecule is CC(CO)(Cn1cnc2c(N)ncnc21)OCP(=O)(O)O.CCN(CC)CC. The molecule has 0 saturated heterocycles. The lowest BCUT2D eigenvalue weighted by molar-refractivity contribution is -0.0622. The van der Waals surface area contributed by atoms with Crippen molar-refractivity contribution in [3.63, 3.8) is 0 Å². The van der Waals surface area contributed by atoms with Crippen LogP contribution in [0.2, 0.25) is 0 Å². The Labute approximate surface area is 164 Å². The van der Waals surface area contributed by atoms with Gasteiger partial charge in [0.2, 0.25) is 0 Å². The van der Waals surface area contributed by atoms with Crippen LogP contribution in [0.3, 0.4) is 0 Å². The molecule has 0 saturated carbocycles. The summed E-state index contributed by atoms with van der Waals surface area (Å²) in [4.78, 5) is 32.0. The fraction of sp³-hybridized carbons (Fsp3) is 0.688. The monoisotopic (exact) mass is 418 g/mol. The number of hydrogen-bond donors (Lipinski definition) is 4. The zero-order chi connectivity index (χ0) is 21.4. The van der Waals surface area contributed by atoms with E-state index in [-0.39, 0.29) is 12.4 Å². The van der Waals surface area contributed by atoms with E-state index in [0.717, 1.165) is 0 Å². The van der Waals surface area contributed by atoms with Crippen LogP contribution in [0.15, 0.2) is 12.7 Å². The molecule has 0 aromatic carbocycles.